The van der Waals surface area contributed by atoms with E-state index in [-0.39, 0.29) is 5.75 Å². The lowest BCUT2D eigenvalue weighted by Crippen LogP contribution is -2.14. The fourth-order valence-corrected chi connectivity index (χ4v) is 2.37. The van der Waals surface area contributed by atoms with Gasteiger partial charge in [0.2, 0.25) is 10.0 Å². The Labute approximate surface area is 113 Å². The van der Waals surface area contributed by atoms with Crippen LogP contribution >= 0.6 is 0 Å². The third-order valence-electron chi connectivity index (χ3n) is 2.82. The van der Waals surface area contributed by atoms with Gasteiger partial charge in [-0.25, -0.2) is 13.4 Å². The molecular formula is C13H17N3O2S. The van der Waals surface area contributed by atoms with Crippen LogP contribution in [-0.4, -0.2) is 24.1 Å². The molecule has 0 aliphatic heterocycles. The summed E-state index contributed by atoms with van der Waals surface area (Å²) in [6.07, 6.45) is 5.14. The molecule has 1 aromatic heterocycles. The maximum atomic E-state index is 11.5. The highest BCUT2D eigenvalue weighted by Gasteiger charge is 2.06. The van der Waals surface area contributed by atoms with Crippen molar-refractivity contribution in [2.24, 2.45) is 0 Å². The second-order valence-corrected chi connectivity index (χ2v) is 6.29. The van der Waals surface area contributed by atoms with Crippen LogP contribution in [0.15, 0.2) is 36.8 Å². The molecule has 2 N–H and O–H groups in total. The number of aryl methyl sites for hydroxylation is 2. The molecule has 0 atom stereocenters. The second-order valence-electron chi connectivity index (χ2n) is 4.28. The molecular weight excluding hydrogens is 262 g/mol. The van der Waals surface area contributed by atoms with Crippen molar-refractivity contribution in [2.75, 3.05) is 10.5 Å². The highest BCUT2D eigenvalue weighted by atomic mass is 32.2. The Balaban J connectivity index is 2.03. The molecule has 0 amide bonds. The van der Waals surface area contributed by atoms with Crippen molar-refractivity contribution >= 4 is 15.7 Å². The first kappa shape index (κ1) is 13.6. The van der Waals surface area contributed by atoms with E-state index in [0.29, 0.717) is 5.69 Å². The Bertz CT molecular complexity index is 621. The SMILES string of the molecule is CCS(=O)(=O)Nc1cccc(CCc2cnc[nH]2)c1. The number of H-pyrrole nitrogens is 1. The van der Waals surface area contributed by atoms with Gasteiger partial charge in [-0.05, 0) is 37.5 Å². The molecule has 5 nitrogen and oxygen atoms in total. The summed E-state index contributed by atoms with van der Waals surface area (Å²) < 4.78 is 25.6. The quantitative estimate of drug-likeness (QED) is 0.848. The summed E-state index contributed by atoms with van der Waals surface area (Å²) in [4.78, 5) is 7.01. The monoisotopic (exact) mass is 279 g/mol. The van der Waals surface area contributed by atoms with Gasteiger partial charge in [0.05, 0.1) is 12.1 Å². The minimum Gasteiger partial charge on any atom is -0.348 e. The number of sulfonamides is 1. The van der Waals surface area contributed by atoms with Crippen molar-refractivity contribution in [3.63, 3.8) is 0 Å². The van der Waals surface area contributed by atoms with Gasteiger partial charge in [-0.3, -0.25) is 4.72 Å². The maximum absolute atomic E-state index is 11.5. The molecule has 0 saturated heterocycles. The normalized spacial score (nSPS) is 11.4. The number of rotatable bonds is 6. The topological polar surface area (TPSA) is 74.8 Å². The number of nitrogens with zero attached hydrogens (tertiary/aromatic N) is 1. The Morgan fingerprint density at radius 2 is 2.16 bits per heavy atom. The Hall–Kier alpha value is -1.82. The second kappa shape index (κ2) is 5.88. The van der Waals surface area contributed by atoms with Gasteiger partial charge in [-0.15, -0.1) is 0 Å². The molecule has 0 bridgehead atoms. The van der Waals surface area contributed by atoms with E-state index in [1.54, 1.807) is 25.5 Å². The third kappa shape index (κ3) is 4.10. The highest BCUT2D eigenvalue weighted by molar-refractivity contribution is 7.92. The summed E-state index contributed by atoms with van der Waals surface area (Å²) in [5.74, 6) is 0.0748. The van der Waals surface area contributed by atoms with Crippen LogP contribution in [0.3, 0.4) is 0 Å². The van der Waals surface area contributed by atoms with E-state index in [1.165, 1.54) is 0 Å². The van der Waals surface area contributed by atoms with E-state index < -0.39 is 10.0 Å². The minimum atomic E-state index is -3.21. The average Bonchev–Trinajstić information content (AvgIpc) is 2.89. The number of aromatic nitrogens is 2. The average molecular weight is 279 g/mol. The molecule has 2 aromatic rings. The van der Waals surface area contributed by atoms with Crippen LogP contribution in [0.5, 0.6) is 0 Å². The van der Waals surface area contributed by atoms with Gasteiger partial charge in [0.1, 0.15) is 0 Å². The van der Waals surface area contributed by atoms with E-state index in [4.69, 9.17) is 0 Å². The molecule has 0 radical (unpaired) electrons. The van der Waals surface area contributed by atoms with Crippen molar-refractivity contribution < 1.29 is 8.42 Å². The molecule has 1 aromatic carbocycles. The molecule has 0 saturated carbocycles. The Morgan fingerprint density at radius 1 is 1.32 bits per heavy atom. The zero-order chi connectivity index (χ0) is 13.7. The van der Waals surface area contributed by atoms with Crippen LogP contribution in [0.25, 0.3) is 0 Å². The van der Waals surface area contributed by atoms with Crippen molar-refractivity contribution in [3.8, 4) is 0 Å². The van der Waals surface area contributed by atoms with Crippen LogP contribution < -0.4 is 4.72 Å². The molecule has 1 heterocycles. The molecule has 0 aliphatic rings. The lowest BCUT2D eigenvalue weighted by atomic mass is 10.1. The van der Waals surface area contributed by atoms with E-state index in [2.05, 4.69) is 14.7 Å². The van der Waals surface area contributed by atoms with Gasteiger partial charge in [0, 0.05) is 17.6 Å². The molecule has 0 aliphatic carbocycles. The number of hydrogen-bond donors (Lipinski definition) is 2. The molecule has 0 spiro atoms. The predicted molar refractivity (Wildman–Crippen MR) is 75.5 cm³/mol. The standard InChI is InChI=1S/C13H17N3O2S/c1-2-19(17,18)16-12-5-3-4-11(8-12)6-7-13-9-14-10-15-13/h3-5,8-10,16H,2,6-7H2,1H3,(H,14,15). The molecule has 19 heavy (non-hydrogen) atoms. The lowest BCUT2D eigenvalue weighted by Gasteiger charge is -2.07. The number of aromatic amines is 1. The van der Waals surface area contributed by atoms with E-state index in [0.717, 1.165) is 24.1 Å². The van der Waals surface area contributed by atoms with Crippen molar-refractivity contribution in [1.82, 2.24) is 9.97 Å². The van der Waals surface area contributed by atoms with Crippen LogP contribution in [0.1, 0.15) is 18.2 Å². The summed E-state index contributed by atoms with van der Waals surface area (Å²) in [6.45, 7) is 1.62. The summed E-state index contributed by atoms with van der Waals surface area (Å²) in [5, 5.41) is 0. The highest BCUT2D eigenvalue weighted by Crippen LogP contribution is 2.14. The fourth-order valence-electron chi connectivity index (χ4n) is 1.74. The third-order valence-corrected chi connectivity index (χ3v) is 4.13. The summed E-state index contributed by atoms with van der Waals surface area (Å²) in [5.41, 5.74) is 2.77. The van der Waals surface area contributed by atoms with E-state index >= 15 is 0 Å². The molecule has 0 unspecified atom stereocenters. The van der Waals surface area contributed by atoms with Crippen LogP contribution in [0.2, 0.25) is 0 Å². The van der Waals surface area contributed by atoms with Crippen LogP contribution in [-0.2, 0) is 22.9 Å². The Morgan fingerprint density at radius 3 is 2.84 bits per heavy atom. The van der Waals surface area contributed by atoms with E-state index in [9.17, 15) is 8.42 Å². The first-order valence-electron chi connectivity index (χ1n) is 6.16. The first-order valence-corrected chi connectivity index (χ1v) is 7.81. The van der Waals surface area contributed by atoms with Gasteiger partial charge < -0.3 is 4.98 Å². The number of imidazole rings is 1. The van der Waals surface area contributed by atoms with Gasteiger partial charge in [-0.1, -0.05) is 12.1 Å². The number of benzene rings is 1. The number of nitrogens with one attached hydrogen (secondary N) is 2. The van der Waals surface area contributed by atoms with E-state index in [1.807, 2.05) is 18.2 Å². The Kier molecular flexibility index (Phi) is 4.21. The molecule has 2 rings (SSSR count). The predicted octanol–water partition coefficient (Wildman–Crippen LogP) is 1.96. The number of hydrogen-bond acceptors (Lipinski definition) is 3. The fraction of sp³-hybridized carbons (Fsp3) is 0.308. The van der Waals surface area contributed by atoms with Crippen molar-refractivity contribution in [3.05, 3.63) is 48.0 Å². The minimum absolute atomic E-state index is 0.0748. The van der Waals surface area contributed by atoms with Gasteiger partial charge in [0.15, 0.2) is 0 Å². The molecule has 102 valence electrons. The number of anilines is 1. The summed E-state index contributed by atoms with van der Waals surface area (Å²) >= 11 is 0. The van der Waals surface area contributed by atoms with Crippen molar-refractivity contribution in [1.29, 1.82) is 0 Å². The van der Waals surface area contributed by atoms with Gasteiger partial charge in [-0.2, -0.15) is 0 Å². The van der Waals surface area contributed by atoms with Crippen molar-refractivity contribution in [2.45, 2.75) is 19.8 Å². The molecule has 6 heteroatoms. The zero-order valence-electron chi connectivity index (χ0n) is 10.8. The summed E-state index contributed by atoms with van der Waals surface area (Å²) in [7, 11) is -3.21. The van der Waals surface area contributed by atoms with Gasteiger partial charge >= 0.3 is 0 Å². The summed E-state index contributed by atoms with van der Waals surface area (Å²) in [6, 6.07) is 7.46. The first-order chi connectivity index (χ1) is 9.09. The zero-order valence-corrected chi connectivity index (χ0v) is 11.6. The largest absolute Gasteiger partial charge is 0.348 e. The van der Waals surface area contributed by atoms with Gasteiger partial charge in [0.25, 0.3) is 0 Å². The maximum Gasteiger partial charge on any atom is 0.232 e. The smallest absolute Gasteiger partial charge is 0.232 e. The lowest BCUT2D eigenvalue weighted by molar-refractivity contribution is 0.602. The van der Waals surface area contributed by atoms with Crippen LogP contribution in [0.4, 0.5) is 5.69 Å². The van der Waals surface area contributed by atoms with Crippen LogP contribution in [0, 0.1) is 0 Å². The molecule has 0 fully saturated rings.